The van der Waals surface area contributed by atoms with Crippen molar-refractivity contribution < 1.29 is 9.53 Å². The van der Waals surface area contributed by atoms with Crippen LogP contribution in [-0.2, 0) is 4.74 Å². The summed E-state index contributed by atoms with van der Waals surface area (Å²) in [5, 5.41) is 6.49. The molecule has 122 valence electrons. The topological polar surface area (TPSA) is 53.6 Å². The molecule has 3 unspecified atom stereocenters. The predicted octanol–water partition coefficient (Wildman–Crippen LogP) is 1.69. The van der Waals surface area contributed by atoms with Crippen molar-refractivity contribution in [2.45, 2.75) is 39.7 Å². The Hall–Kier alpha value is -0.810. The van der Waals surface area contributed by atoms with E-state index in [9.17, 15) is 4.79 Å². The summed E-state index contributed by atoms with van der Waals surface area (Å²) in [7, 11) is 2.20. The van der Waals surface area contributed by atoms with E-state index in [0.717, 1.165) is 26.2 Å². The maximum Gasteiger partial charge on any atom is 0.407 e. The smallest absolute Gasteiger partial charge is 0.407 e. The Kier molecular flexibility index (Phi) is 4.83. The quantitative estimate of drug-likeness (QED) is 0.814. The number of likely N-dealkylation sites (tertiary alicyclic amines) is 1. The molecule has 2 aliphatic rings. The number of hydrogen-bond acceptors (Lipinski definition) is 4. The SMILES string of the molecule is CC1CNCC(CNC(=O)OC(C)(C)C)C12CCN(C)C2. The van der Waals surface area contributed by atoms with Gasteiger partial charge in [0.1, 0.15) is 5.60 Å². The molecule has 1 amide bonds. The van der Waals surface area contributed by atoms with Crippen LogP contribution in [0.5, 0.6) is 0 Å². The highest BCUT2D eigenvalue weighted by atomic mass is 16.6. The number of amides is 1. The van der Waals surface area contributed by atoms with E-state index in [0.29, 0.717) is 23.8 Å². The van der Waals surface area contributed by atoms with E-state index in [1.807, 2.05) is 20.8 Å². The lowest BCUT2D eigenvalue weighted by atomic mass is 9.64. The number of alkyl carbamates (subject to hydrolysis) is 1. The van der Waals surface area contributed by atoms with E-state index in [-0.39, 0.29) is 6.09 Å². The van der Waals surface area contributed by atoms with Gasteiger partial charge >= 0.3 is 6.09 Å². The first kappa shape index (κ1) is 16.6. The molecule has 5 heteroatoms. The third-order valence-electron chi connectivity index (χ3n) is 5.05. The minimum atomic E-state index is -0.437. The molecule has 2 fully saturated rings. The predicted molar refractivity (Wildman–Crippen MR) is 84.3 cm³/mol. The number of carbonyl (C=O) groups excluding carboxylic acids is 1. The first-order valence-electron chi connectivity index (χ1n) is 8.09. The molecule has 21 heavy (non-hydrogen) atoms. The summed E-state index contributed by atoms with van der Waals surface area (Å²) >= 11 is 0. The lowest BCUT2D eigenvalue weighted by molar-refractivity contribution is 0.0372. The summed E-state index contributed by atoms with van der Waals surface area (Å²) in [6, 6.07) is 0. The number of ether oxygens (including phenoxy) is 1. The van der Waals surface area contributed by atoms with Crippen LogP contribution in [0.4, 0.5) is 4.79 Å². The maximum absolute atomic E-state index is 11.9. The lowest BCUT2D eigenvalue weighted by Crippen LogP contribution is -2.55. The van der Waals surface area contributed by atoms with E-state index >= 15 is 0 Å². The number of hydrogen-bond donors (Lipinski definition) is 2. The molecule has 5 nitrogen and oxygen atoms in total. The standard InChI is InChI=1S/C16H31N3O2/c1-12-8-17-9-13(16(12)6-7-19(5)11-16)10-18-14(20)21-15(2,3)4/h12-13,17H,6-11H2,1-5H3,(H,18,20). The molecule has 0 aromatic rings. The molecule has 0 aromatic carbocycles. The van der Waals surface area contributed by atoms with E-state index in [2.05, 4.69) is 29.5 Å². The third kappa shape index (κ3) is 3.89. The molecule has 3 atom stereocenters. The summed E-state index contributed by atoms with van der Waals surface area (Å²) in [5.41, 5.74) is -0.109. The number of nitrogens with zero attached hydrogens (tertiary/aromatic N) is 1. The summed E-state index contributed by atoms with van der Waals surface area (Å²) in [4.78, 5) is 14.3. The molecule has 2 heterocycles. The summed E-state index contributed by atoms with van der Waals surface area (Å²) in [5.74, 6) is 1.11. The number of piperidine rings is 1. The minimum Gasteiger partial charge on any atom is -0.444 e. The molecule has 2 N–H and O–H groups in total. The molecule has 0 aromatic heterocycles. The highest BCUT2D eigenvalue weighted by Gasteiger charge is 2.48. The second kappa shape index (κ2) is 6.13. The normalized spacial score (nSPS) is 34.1. The Morgan fingerprint density at radius 1 is 1.43 bits per heavy atom. The molecule has 0 aliphatic carbocycles. The average molecular weight is 297 g/mol. The van der Waals surface area contributed by atoms with Gasteiger partial charge < -0.3 is 20.3 Å². The zero-order chi connectivity index (χ0) is 15.7. The van der Waals surface area contributed by atoms with Crippen LogP contribution in [0, 0.1) is 17.3 Å². The van der Waals surface area contributed by atoms with Gasteiger partial charge in [0.2, 0.25) is 0 Å². The van der Waals surface area contributed by atoms with Gasteiger partial charge in [-0.3, -0.25) is 0 Å². The summed E-state index contributed by atoms with van der Waals surface area (Å²) in [6.07, 6.45) is 0.926. The van der Waals surface area contributed by atoms with Crippen molar-refractivity contribution in [3.8, 4) is 0 Å². The highest BCUT2D eigenvalue weighted by Crippen LogP contribution is 2.45. The van der Waals surface area contributed by atoms with Gasteiger partial charge in [0.15, 0.2) is 0 Å². The van der Waals surface area contributed by atoms with Crippen LogP contribution >= 0.6 is 0 Å². The van der Waals surface area contributed by atoms with E-state index < -0.39 is 5.60 Å². The summed E-state index contributed by atoms with van der Waals surface area (Å²) in [6.45, 7) is 13.1. The van der Waals surface area contributed by atoms with Gasteiger partial charge in [0.05, 0.1) is 0 Å². The number of rotatable bonds is 2. The number of nitrogens with one attached hydrogen (secondary N) is 2. The summed E-state index contributed by atoms with van der Waals surface area (Å²) < 4.78 is 5.35. The highest BCUT2D eigenvalue weighted by molar-refractivity contribution is 5.67. The molecule has 0 bridgehead atoms. The molecule has 2 aliphatic heterocycles. The van der Waals surface area contributed by atoms with Gasteiger partial charge in [0.25, 0.3) is 0 Å². The van der Waals surface area contributed by atoms with Crippen LogP contribution in [0.25, 0.3) is 0 Å². The van der Waals surface area contributed by atoms with E-state index in [1.165, 1.54) is 6.42 Å². The van der Waals surface area contributed by atoms with E-state index in [4.69, 9.17) is 4.74 Å². The van der Waals surface area contributed by atoms with Gasteiger partial charge in [-0.25, -0.2) is 4.79 Å². The fourth-order valence-corrected chi connectivity index (χ4v) is 3.87. The van der Waals surface area contributed by atoms with Crippen molar-refractivity contribution in [1.29, 1.82) is 0 Å². The van der Waals surface area contributed by atoms with Crippen LogP contribution < -0.4 is 10.6 Å². The first-order chi connectivity index (χ1) is 9.73. The van der Waals surface area contributed by atoms with Crippen LogP contribution in [0.1, 0.15) is 34.1 Å². The fraction of sp³-hybridized carbons (Fsp3) is 0.938. The van der Waals surface area contributed by atoms with Crippen LogP contribution in [0.15, 0.2) is 0 Å². The van der Waals surface area contributed by atoms with Gasteiger partial charge in [-0.1, -0.05) is 6.92 Å². The van der Waals surface area contributed by atoms with Crippen LogP contribution in [0.2, 0.25) is 0 Å². The molecule has 1 spiro atoms. The van der Waals surface area contributed by atoms with Crippen molar-refractivity contribution in [1.82, 2.24) is 15.5 Å². The van der Waals surface area contributed by atoms with Crippen molar-refractivity contribution >= 4 is 6.09 Å². The second-order valence-electron chi connectivity index (χ2n) is 7.86. The number of carbonyl (C=O) groups is 1. The Balaban J connectivity index is 1.96. The largest absolute Gasteiger partial charge is 0.444 e. The molecule has 0 saturated carbocycles. The minimum absolute atomic E-state index is 0.303. The average Bonchev–Trinajstić information content (AvgIpc) is 2.73. The molecule has 0 radical (unpaired) electrons. The second-order valence-corrected chi connectivity index (χ2v) is 7.86. The van der Waals surface area contributed by atoms with Crippen LogP contribution in [-0.4, -0.2) is 56.4 Å². The maximum atomic E-state index is 11.9. The fourth-order valence-electron chi connectivity index (χ4n) is 3.87. The first-order valence-corrected chi connectivity index (χ1v) is 8.09. The van der Waals surface area contributed by atoms with Crippen molar-refractivity contribution in [2.75, 3.05) is 39.8 Å². The molecular formula is C16H31N3O2. The van der Waals surface area contributed by atoms with Gasteiger partial charge in [0, 0.05) is 19.6 Å². The van der Waals surface area contributed by atoms with Crippen molar-refractivity contribution in [3.05, 3.63) is 0 Å². The van der Waals surface area contributed by atoms with Crippen LogP contribution in [0.3, 0.4) is 0 Å². The van der Waals surface area contributed by atoms with Crippen molar-refractivity contribution in [3.63, 3.8) is 0 Å². The Morgan fingerprint density at radius 3 is 2.71 bits per heavy atom. The Morgan fingerprint density at radius 2 is 2.14 bits per heavy atom. The molecule has 2 saturated heterocycles. The van der Waals surface area contributed by atoms with Gasteiger partial charge in [-0.05, 0) is 64.6 Å². The molecular weight excluding hydrogens is 266 g/mol. The Labute approximate surface area is 128 Å². The van der Waals surface area contributed by atoms with Crippen molar-refractivity contribution in [2.24, 2.45) is 17.3 Å². The molecule has 2 rings (SSSR count). The van der Waals surface area contributed by atoms with Gasteiger partial charge in [-0.15, -0.1) is 0 Å². The Bertz CT molecular complexity index is 380. The third-order valence-corrected chi connectivity index (χ3v) is 5.05. The zero-order valence-corrected chi connectivity index (χ0v) is 14.2. The van der Waals surface area contributed by atoms with Gasteiger partial charge in [-0.2, -0.15) is 0 Å². The zero-order valence-electron chi connectivity index (χ0n) is 14.2. The monoisotopic (exact) mass is 297 g/mol. The lowest BCUT2D eigenvalue weighted by Gasteiger charge is -2.46. The van der Waals surface area contributed by atoms with E-state index in [1.54, 1.807) is 0 Å².